The molecule has 0 aliphatic heterocycles. The third-order valence-electron chi connectivity index (χ3n) is 6.76. The predicted octanol–water partition coefficient (Wildman–Crippen LogP) is 8.35. The fourth-order valence-electron chi connectivity index (χ4n) is 4.64. The van der Waals surface area contributed by atoms with Crippen LogP contribution < -0.4 is 4.74 Å². The molecule has 0 bridgehead atoms. The van der Waals surface area contributed by atoms with E-state index in [-0.39, 0.29) is 18.4 Å². The van der Waals surface area contributed by atoms with Crippen molar-refractivity contribution in [1.82, 2.24) is 0 Å². The molecule has 4 rings (SSSR count). The molecule has 0 fully saturated rings. The number of methoxy groups -OCH3 is 1. The molecule has 2 nitrogen and oxygen atoms in total. The average Bonchev–Trinajstić information content (AvgIpc) is 2.91. The van der Waals surface area contributed by atoms with Crippen LogP contribution in [0.1, 0.15) is 34.2 Å². The summed E-state index contributed by atoms with van der Waals surface area (Å²) < 4.78 is 89.9. The van der Waals surface area contributed by atoms with Crippen molar-refractivity contribution >= 4 is 10.8 Å². The maximum atomic E-state index is 15.3. The van der Waals surface area contributed by atoms with Crippen LogP contribution in [0.25, 0.3) is 10.8 Å². The number of aryl methyl sites for hydroxylation is 5. The van der Waals surface area contributed by atoms with Crippen LogP contribution in [0.5, 0.6) is 5.75 Å². The first-order valence-electron chi connectivity index (χ1n) is 13.1. The van der Waals surface area contributed by atoms with Crippen LogP contribution in [-0.2, 0) is 36.8 Å². The Bertz CT molecular complexity index is 1410. The summed E-state index contributed by atoms with van der Waals surface area (Å²) in [6, 6.07) is 19.5. The van der Waals surface area contributed by atoms with Crippen LogP contribution in [-0.4, -0.2) is 26.5 Å². The first kappa shape index (κ1) is 29.5. The van der Waals surface area contributed by atoms with Crippen molar-refractivity contribution in [2.45, 2.75) is 44.7 Å². The third-order valence-corrected chi connectivity index (χ3v) is 6.76. The highest BCUT2D eigenvalue weighted by Gasteiger charge is 2.30. The van der Waals surface area contributed by atoms with Crippen LogP contribution in [0.4, 0.5) is 26.3 Å². The highest BCUT2D eigenvalue weighted by molar-refractivity contribution is 5.84. The quantitative estimate of drug-likeness (QED) is 0.128. The molecule has 0 aromatic heterocycles. The van der Waals surface area contributed by atoms with Gasteiger partial charge in [-0.15, -0.1) is 0 Å². The van der Waals surface area contributed by atoms with Crippen LogP contribution in [0, 0.1) is 17.5 Å². The summed E-state index contributed by atoms with van der Waals surface area (Å²) in [6.45, 7) is -1.06. The van der Waals surface area contributed by atoms with Gasteiger partial charge in [-0.3, -0.25) is 0 Å². The maximum Gasteiger partial charge on any atom is 0.422 e. The van der Waals surface area contributed by atoms with E-state index in [2.05, 4.69) is 29.0 Å². The van der Waals surface area contributed by atoms with Gasteiger partial charge in [0.25, 0.3) is 0 Å². The highest BCUT2D eigenvalue weighted by atomic mass is 19.4. The van der Waals surface area contributed by atoms with Gasteiger partial charge in [-0.05, 0) is 83.9 Å². The van der Waals surface area contributed by atoms with Crippen molar-refractivity contribution in [2.75, 3.05) is 20.3 Å². The molecule has 40 heavy (non-hydrogen) atoms. The van der Waals surface area contributed by atoms with Crippen molar-refractivity contribution in [2.24, 2.45) is 0 Å². The SMILES string of the molecule is COCCCc1ccc(CCc2ccc3c(F)c(CCc4cc(F)c(OCC(F)(F)F)c(F)c4)ccc3c2)cc1. The molecule has 0 saturated heterocycles. The minimum atomic E-state index is -4.72. The lowest BCUT2D eigenvalue weighted by molar-refractivity contribution is -0.154. The molecule has 0 N–H and O–H groups in total. The summed E-state index contributed by atoms with van der Waals surface area (Å²) in [5, 5.41) is 1.21. The van der Waals surface area contributed by atoms with Gasteiger partial charge >= 0.3 is 6.18 Å². The minimum Gasteiger partial charge on any atom is -0.478 e. The van der Waals surface area contributed by atoms with Crippen molar-refractivity contribution in [3.8, 4) is 5.75 Å². The van der Waals surface area contributed by atoms with Crippen LogP contribution >= 0.6 is 0 Å². The number of hydrogen-bond donors (Lipinski definition) is 0. The Labute approximate surface area is 229 Å². The molecular weight excluding hydrogens is 530 g/mol. The summed E-state index contributed by atoms with van der Waals surface area (Å²) >= 11 is 0. The molecule has 0 aliphatic rings. The van der Waals surface area contributed by atoms with E-state index in [4.69, 9.17) is 4.74 Å². The van der Waals surface area contributed by atoms with E-state index in [9.17, 15) is 22.0 Å². The Morgan fingerprint density at radius 1 is 0.650 bits per heavy atom. The normalized spacial score (nSPS) is 11.8. The van der Waals surface area contributed by atoms with Gasteiger partial charge in [0.2, 0.25) is 0 Å². The van der Waals surface area contributed by atoms with E-state index >= 15 is 4.39 Å². The van der Waals surface area contributed by atoms with Gasteiger partial charge in [-0.2, -0.15) is 13.2 Å². The molecule has 0 radical (unpaired) electrons. The van der Waals surface area contributed by atoms with E-state index in [1.807, 2.05) is 18.2 Å². The third kappa shape index (κ3) is 8.01. The Morgan fingerprint density at radius 2 is 1.25 bits per heavy atom. The second-order valence-corrected chi connectivity index (χ2v) is 9.80. The number of benzene rings is 4. The summed E-state index contributed by atoms with van der Waals surface area (Å²) in [7, 11) is 1.70. The molecule has 8 heteroatoms. The lowest BCUT2D eigenvalue weighted by atomic mass is 9.97. The van der Waals surface area contributed by atoms with Crippen LogP contribution in [0.15, 0.2) is 66.7 Å². The second kappa shape index (κ2) is 13.2. The minimum absolute atomic E-state index is 0.0963. The van der Waals surface area contributed by atoms with Gasteiger partial charge in [0.05, 0.1) is 0 Å². The van der Waals surface area contributed by atoms with Crippen molar-refractivity contribution in [3.05, 3.63) is 112 Å². The lowest BCUT2D eigenvalue weighted by Gasteiger charge is -2.12. The molecule has 0 aliphatic carbocycles. The monoisotopic (exact) mass is 560 g/mol. The Balaban J connectivity index is 1.37. The maximum absolute atomic E-state index is 15.3. The topological polar surface area (TPSA) is 18.5 Å². The molecule has 0 heterocycles. The smallest absolute Gasteiger partial charge is 0.422 e. The number of rotatable bonds is 12. The standard InChI is InChI=1S/C32H30F6O2/c1-39-16-2-3-21-4-6-22(7-5-21)8-9-23-11-15-27-26(17-23)14-13-25(30(27)35)12-10-24-18-28(33)31(29(34)19-24)40-20-32(36,37)38/h4-7,11,13-15,17-19H,2-3,8-10,12,16,20H2,1H3. The van der Waals surface area contributed by atoms with Gasteiger partial charge in [0, 0.05) is 19.1 Å². The Morgan fingerprint density at radius 3 is 1.90 bits per heavy atom. The molecule has 0 unspecified atom stereocenters. The molecule has 0 spiro atoms. The molecule has 0 amide bonds. The summed E-state index contributed by atoms with van der Waals surface area (Å²) in [4.78, 5) is 0. The second-order valence-electron chi connectivity index (χ2n) is 9.80. The number of fused-ring (bicyclic) bond motifs is 1. The summed E-state index contributed by atoms with van der Waals surface area (Å²) in [5.41, 5.74) is 4.16. The summed E-state index contributed by atoms with van der Waals surface area (Å²) in [5.74, 6) is -3.95. The first-order valence-corrected chi connectivity index (χ1v) is 13.1. The lowest BCUT2D eigenvalue weighted by Crippen LogP contribution is -2.20. The summed E-state index contributed by atoms with van der Waals surface area (Å²) in [6.07, 6.45) is -0.834. The van der Waals surface area contributed by atoms with E-state index in [1.165, 1.54) is 11.1 Å². The van der Waals surface area contributed by atoms with E-state index in [0.717, 1.165) is 55.4 Å². The highest BCUT2D eigenvalue weighted by Crippen LogP contribution is 2.28. The molecule has 212 valence electrons. The number of hydrogen-bond acceptors (Lipinski definition) is 2. The van der Waals surface area contributed by atoms with E-state index < -0.39 is 36.0 Å². The number of halogens is 6. The zero-order chi connectivity index (χ0) is 28.7. The van der Waals surface area contributed by atoms with Gasteiger partial charge in [0.15, 0.2) is 24.0 Å². The molecule has 0 atom stereocenters. The number of ether oxygens (including phenoxy) is 2. The zero-order valence-electron chi connectivity index (χ0n) is 22.1. The molecular formula is C32H30F6O2. The average molecular weight is 561 g/mol. The van der Waals surface area contributed by atoms with Crippen molar-refractivity contribution < 1.29 is 35.8 Å². The fourth-order valence-corrected chi connectivity index (χ4v) is 4.64. The molecule has 0 saturated carbocycles. The fraction of sp³-hybridized carbons (Fsp3) is 0.312. The van der Waals surface area contributed by atoms with Crippen LogP contribution in [0.2, 0.25) is 0 Å². The largest absolute Gasteiger partial charge is 0.478 e. The van der Waals surface area contributed by atoms with E-state index in [0.29, 0.717) is 10.9 Å². The first-order chi connectivity index (χ1) is 19.1. The van der Waals surface area contributed by atoms with Gasteiger partial charge in [-0.1, -0.05) is 54.6 Å². The molecule has 4 aromatic rings. The van der Waals surface area contributed by atoms with Crippen molar-refractivity contribution in [3.63, 3.8) is 0 Å². The Hall–Kier alpha value is -3.52. The Kier molecular flexibility index (Phi) is 9.74. The van der Waals surface area contributed by atoms with Crippen LogP contribution in [0.3, 0.4) is 0 Å². The van der Waals surface area contributed by atoms with Gasteiger partial charge in [-0.25, -0.2) is 13.2 Å². The predicted molar refractivity (Wildman–Crippen MR) is 143 cm³/mol. The number of alkyl halides is 3. The van der Waals surface area contributed by atoms with Crippen molar-refractivity contribution in [1.29, 1.82) is 0 Å². The molecule has 4 aromatic carbocycles. The zero-order valence-corrected chi connectivity index (χ0v) is 22.1. The van der Waals surface area contributed by atoms with Gasteiger partial charge < -0.3 is 9.47 Å². The van der Waals surface area contributed by atoms with Gasteiger partial charge in [0.1, 0.15) is 5.82 Å². The van der Waals surface area contributed by atoms with E-state index in [1.54, 1.807) is 19.2 Å².